The molecule has 0 fully saturated rings. The Morgan fingerprint density at radius 1 is 1.50 bits per heavy atom. The molecule has 0 aromatic carbocycles. The molecule has 2 heterocycles. The van der Waals surface area contributed by atoms with Crippen molar-refractivity contribution in [3.8, 4) is 0 Å². The second-order valence-electron chi connectivity index (χ2n) is 2.96. The molecule has 0 radical (unpaired) electrons. The summed E-state index contributed by atoms with van der Waals surface area (Å²) >= 11 is 0. The lowest BCUT2D eigenvalue weighted by Gasteiger charge is -2.01. The van der Waals surface area contributed by atoms with Crippen molar-refractivity contribution in [2.45, 2.75) is 6.92 Å². The molecular weight excluding hydrogens is 180 g/mol. The van der Waals surface area contributed by atoms with Crippen molar-refractivity contribution in [1.82, 2.24) is 20.1 Å². The first kappa shape index (κ1) is 8.68. The maximum absolute atomic E-state index is 11.4. The van der Waals surface area contributed by atoms with Gasteiger partial charge in [-0.2, -0.15) is 0 Å². The summed E-state index contributed by atoms with van der Waals surface area (Å²) in [5.74, 6) is -0.166. The first-order valence-corrected chi connectivity index (χ1v) is 4.27. The van der Waals surface area contributed by atoms with Gasteiger partial charge in [0.15, 0.2) is 0 Å². The van der Waals surface area contributed by atoms with Crippen LogP contribution in [0.4, 0.5) is 0 Å². The number of aryl methyl sites for hydroxylation is 1. The minimum atomic E-state index is -0.166. The number of amides is 1. The van der Waals surface area contributed by atoms with E-state index in [0.29, 0.717) is 5.69 Å². The van der Waals surface area contributed by atoms with Crippen LogP contribution in [-0.4, -0.2) is 27.8 Å². The lowest BCUT2D eigenvalue weighted by molar-refractivity contribution is 0.0955. The molecule has 2 aromatic rings. The number of nitrogens with zero attached hydrogens (tertiary/aromatic N) is 3. The lowest BCUT2D eigenvalue weighted by atomic mass is 10.3. The van der Waals surface area contributed by atoms with Crippen molar-refractivity contribution >= 4 is 11.4 Å². The maximum atomic E-state index is 11.4. The van der Waals surface area contributed by atoms with Gasteiger partial charge in [-0.1, -0.05) is 11.3 Å². The number of hydrogen-bond acceptors (Lipinski definition) is 3. The van der Waals surface area contributed by atoms with E-state index in [0.717, 1.165) is 11.2 Å². The third kappa shape index (κ3) is 1.14. The van der Waals surface area contributed by atoms with Crippen molar-refractivity contribution in [3.05, 3.63) is 29.6 Å². The van der Waals surface area contributed by atoms with Gasteiger partial charge in [0.05, 0.1) is 11.2 Å². The molecule has 1 amide bonds. The number of carbonyl (C=O) groups is 1. The summed E-state index contributed by atoms with van der Waals surface area (Å²) in [4.78, 5) is 11.4. The molecule has 14 heavy (non-hydrogen) atoms. The van der Waals surface area contributed by atoms with Gasteiger partial charge < -0.3 is 5.32 Å². The van der Waals surface area contributed by atoms with E-state index >= 15 is 0 Å². The fourth-order valence-corrected chi connectivity index (χ4v) is 1.33. The molecule has 0 unspecified atom stereocenters. The topological polar surface area (TPSA) is 59.3 Å². The van der Waals surface area contributed by atoms with Crippen LogP contribution >= 0.6 is 0 Å². The third-order valence-electron chi connectivity index (χ3n) is 2.08. The summed E-state index contributed by atoms with van der Waals surface area (Å²) in [5.41, 5.74) is 2.16. The molecular formula is C9H10N4O. The van der Waals surface area contributed by atoms with Crippen LogP contribution in [0.2, 0.25) is 0 Å². The van der Waals surface area contributed by atoms with Gasteiger partial charge in [0, 0.05) is 7.05 Å². The van der Waals surface area contributed by atoms with Crippen LogP contribution < -0.4 is 5.32 Å². The van der Waals surface area contributed by atoms with E-state index in [1.165, 1.54) is 4.52 Å². The number of pyridine rings is 1. The number of rotatable bonds is 1. The number of hydrogen-bond donors (Lipinski definition) is 1. The van der Waals surface area contributed by atoms with Crippen LogP contribution in [0.3, 0.4) is 0 Å². The minimum absolute atomic E-state index is 0.166. The second-order valence-corrected chi connectivity index (χ2v) is 2.96. The van der Waals surface area contributed by atoms with Gasteiger partial charge >= 0.3 is 0 Å². The Labute approximate surface area is 80.7 Å². The van der Waals surface area contributed by atoms with Crippen LogP contribution in [0.1, 0.15) is 16.2 Å². The molecule has 0 aliphatic carbocycles. The number of nitrogens with one attached hydrogen (secondary N) is 1. The summed E-state index contributed by atoms with van der Waals surface area (Å²) in [7, 11) is 1.59. The second kappa shape index (κ2) is 3.10. The number of fused-ring (bicyclic) bond motifs is 1. The molecule has 0 saturated carbocycles. The molecule has 1 N–H and O–H groups in total. The minimum Gasteiger partial charge on any atom is -0.354 e. The van der Waals surface area contributed by atoms with E-state index < -0.39 is 0 Å². The highest BCUT2D eigenvalue weighted by Gasteiger charge is 2.10. The molecule has 5 heteroatoms. The van der Waals surface area contributed by atoms with Crippen LogP contribution in [0.5, 0.6) is 0 Å². The Balaban J connectivity index is 2.71. The molecule has 0 aliphatic heterocycles. The average Bonchev–Trinajstić information content (AvgIpc) is 2.59. The Morgan fingerprint density at radius 3 is 3.00 bits per heavy atom. The SMILES string of the molecule is CNC(=O)c1cccc2c(C)nnn12. The summed E-state index contributed by atoms with van der Waals surface area (Å²) in [6.45, 7) is 1.86. The zero-order chi connectivity index (χ0) is 10.1. The molecule has 5 nitrogen and oxygen atoms in total. The Morgan fingerprint density at radius 2 is 2.29 bits per heavy atom. The Bertz CT molecular complexity index is 489. The van der Waals surface area contributed by atoms with E-state index in [-0.39, 0.29) is 5.91 Å². The standard InChI is InChI=1S/C9H10N4O/c1-6-7-4-3-5-8(9(14)10-2)13(7)12-11-6/h3-5H,1-2H3,(H,10,14). The fourth-order valence-electron chi connectivity index (χ4n) is 1.33. The van der Waals surface area contributed by atoms with Gasteiger partial charge in [0.2, 0.25) is 0 Å². The summed E-state index contributed by atoms with van der Waals surface area (Å²) in [5, 5.41) is 10.4. The summed E-state index contributed by atoms with van der Waals surface area (Å²) in [6.07, 6.45) is 0. The van der Waals surface area contributed by atoms with Gasteiger partial charge in [-0.3, -0.25) is 4.79 Å². The van der Waals surface area contributed by atoms with E-state index in [9.17, 15) is 4.79 Å². The highest BCUT2D eigenvalue weighted by molar-refractivity contribution is 5.93. The first-order valence-electron chi connectivity index (χ1n) is 4.27. The van der Waals surface area contributed by atoms with Crippen molar-refractivity contribution in [2.24, 2.45) is 0 Å². The Kier molecular flexibility index (Phi) is 1.92. The molecule has 0 aliphatic rings. The van der Waals surface area contributed by atoms with Gasteiger partial charge in [-0.05, 0) is 19.1 Å². The van der Waals surface area contributed by atoms with Crippen molar-refractivity contribution in [1.29, 1.82) is 0 Å². The molecule has 2 aromatic heterocycles. The highest BCUT2D eigenvalue weighted by atomic mass is 16.1. The zero-order valence-electron chi connectivity index (χ0n) is 7.98. The zero-order valence-corrected chi connectivity index (χ0v) is 7.98. The van der Waals surface area contributed by atoms with Crippen molar-refractivity contribution in [2.75, 3.05) is 7.05 Å². The van der Waals surface area contributed by atoms with Crippen LogP contribution in [0.25, 0.3) is 5.52 Å². The van der Waals surface area contributed by atoms with Crippen LogP contribution in [0.15, 0.2) is 18.2 Å². The quantitative estimate of drug-likeness (QED) is 0.708. The summed E-state index contributed by atoms with van der Waals surface area (Å²) in [6, 6.07) is 5.40. The van der Waals surface area contributed by atoms with Crippen molar-refractivity contribution in [3.63, 3.8) is 0 Å². The number of aromatic nitrogens is 3. The van der Waals surface area contributed by atoms with Gasteiger partial charge in [-0.15, -0.1) is 5.10 Å². The maximum Gasteiger partial charge on any atom is 0.269 e. The fraction of sp³-hybridized carbons (Fsp3) is 0.222. The van der Waals surface area contributed by atoms with E-state index in [4.69, 9.17) is 0 Å². The predicted molar refractivity (Wildman–Crippen MR) is 51.1 cm³/mol. The number of carbonyl (C=O) groups excluding carboxylic acids is 1. The van der Waals surface area contributed by atoms with E-state index in [1.807, 2.05) is 19.1 Å². The molecule has 0 atom stereocenters. The largest absolute Gasteiger partial charge is 0.354 e. The molecule has 72 valence electrons. The molecule has 0 bridgehead atoms. The highest BCUT2D eigenvalue weighted by Crippen LogP contribution is 2.08. The van der Waals surface area contributed by atoms with Gasteiger partial charge in [0.1, 0.15) is 5.69 Å². The Hall–Kier alpha value is -1.91. The molecule has 2 rings (SSSR count). The molecule has 0 spiro atoms. The first-order chi connectivity index (χ1) is 6.74. The van der Waals surface area contributed by atoms with Crippen LogP contribution in [0, 0.1) is 6.92 Å². The van der Waals surface area contributed by atoms with Gasteiger partial charge in [-0.25, -0.2) is 4.52 Å². The lowest BCUT2D eigenvalue weighted by Crippen LogP contribution is -2.21. The summed E-state index contributed by atoms with van der Waals surface area (Å²) < 4.78 is 1.54. The van der Waals surface area contributed by atoms with Crippen LogP contribution in [-0.2, 0) is 0 Å². The van der Waals surface area contributed by atoms with Gasteiger partial charge in [0.25, 0.3) is 5.91 Å². The monoisotopic (exact) mass is 190 g/mol. The van der Waals surface area contributed by atoms with E-state index in [2.05, 4.69) is 15.6 Å². The van der Waals surface area contributed by atoms with E-state index in [1.54, 1.807) is 13.1 Å². The average molecular weight is 190 g/mol. The molecule has 0 saturated heterocycles. The smallest absolute Gasteiger partial charge is 0.269 e. The predicted octanol–water partition coefficient (Wildman–Crippen LogP) is 0.397. The normalized spacial score (nSPS) is 10.4. The third-order valence-corrected chi connectivity index (χ3v) is 2.08. The van der Waals surface area contributed by atoms with Crippen molar-refractivity contribution < 1.29 is 4.79 Å².